The normalized spacial score (nSPS) is 21.5. The number of rotatable bonds is 4. The first-order valence-electron chi connectivity index (χ1n) is 9.31. The number of nitrogens with zero attached hydrogens (tertiary/aromatic N) is 2. The topological polar surface area (TPSA) is 42.4 Å². The van der Waals surface area contributed by atoms with Gasteiger partial charge >= 0.3 is 0 Å². The van der Waals surface area contributed by atoms with Gasteiger partial charge in [-0.15, -0.1) is 11.8 Å². The van der Waals surface area contributed by atoms with Gasteiger partial charge in [0.05, 0.1) is 28.1 Å². The molecule has 1 saturated heterocycles. The van der Waals surface area contributed by atoms with Crippen molar-refractivity contribution < 1.29 is 9.53 Å². The van der Waals surface area contributed by atoms with Gasteiger partial charge in [-0.3, -0.25) is 9.69 Å². The number of fused-ring (bicyclic) bond motifs is 2. The summed E-state index contributed by atoms with van der Waals surface area (Å²) in [5.74, 6) is 0.144. The Hall–Kier alpha value is -1.89. The summed E-state index contributed by atoms with van der Waals surface area (Å²) in [5, 5.41) is 0.698. The molecule has 6 heteroatoms. The largest absolute Gasteiger partial charge is 0.376 e. The fourth-order valence-corrected chi connectivity index (χ4v) is 5.96. The molecule has 2 aliphatic rings. The van der Waals surface area contributed by atoms with Crippen molar-refractivity contribution in [3.05, 3.63) is 54.1 Å². The summed E-state index contributed by atoms with van der Waals surface area (Å²) in [6.45, 7) is 1.38. The van der Waals surface area contributed by atoms with Crippen molar-refractivity contribution in [2.24, 2.45) is 0 Å². The van der Waals surface area contributed by atoms with Crippen LogP contribution in [0.2, 0.25) is 0 Å². The van der Waals surface area contributed by atoms with Gasteiger partial charge in [0.25, 0.3) is 0 Å². The molecule has 5 rings (SSSR count). The van der Waals surface area contributed by atoms with Gasteiger partial charge in [0, 0.05) is 11.5 Å². The summed E-state index contributed by atoms with van der Waals surface area (Å²) < 4.78 is 6.94. The first-order chi connectivity index (χ1) is 13.3. The van der Waals surface area contributed by atoms with Crippen LogP contribution < -0.4 is 4.90 Å². The van der Waals surface area contributed by atoms with Crippen LogP contribution in [-0.4, -0.2) is 35.4 Å². The number of carbonyl (C=O) groups is 1. The fourth-order valence-electron chi connectivity index (χ4n) is 3.72. The molecule has 3 aromatic rings. The third-order valence-corrected chi connectivity index (χ3v) is 7.48. The predicted molar refractivity (Wildman–Crippen MR) is 111 cm³/mol. The lowest BCUT2D eigenvalue weighted by molar-refractivity contribution is -0.118. The van der Waals surface area contributed by atoms with Crippen molar-refractivity contribution in [3.8, 4) is 0 Å². The summed E-state index contributed by atoms with van der Waals surface area (Å²) in [6, 6.07) is 16.4. The second-order valence-corrected chi connectivity index (χ2v) is 9.22. The number of thioether (sulfide) groups is 1. The smallest absolute Gasteiger partial charge is 0.242 e. The number of ether oxygens (including phenoxy) is 1. The SMILES string of the molecule is O=C([C@H]1Cc2ccccc2S1)N(C[C@H]1CCCO1)c1nc2ccccc2s1. The van der Waals surface area contributed by atoms with Crippen LogP contribution >= 0.6 is 23.1 Å². The Balaban J connectivity index is 1.45. The monoisotopic (exact) mass is 396 g/mol. The number of hydrogen-bond donors (Lipinski definition) is 0. The highest BCUT2D eigenvalue weighted by Gasteiger charge is 2.35. The van der Waals surface area contributed by atoms with Gasteiger partial charge in [0.2, 0.25) is 5.91 Å². The third kappa shape index (κ3) is 3.37. The summed E-state index contributed by atoms with van der Waals surface area (Å²) >= 11 is 3.27. The first kappa shape index (κ1) is 17.2. The summed E-state index contributed by atoms with van der Waals surface area (Å²) in [7, 11) is 0. The molecule has 1 aromatic heterocycles. The van der Waals surface area contributed by atoms with Crippen LogP contribution in [0, 0.1) is 0 Å². The lowest BCUT2D eigenvalue weighted by Gasteiger charge is -2.25. The van der Waals surface area contributed by atoms with E-state index in [0.29, 0.717) is 6.54 Å². The second-order valence-electron chi connectivity index (χ2n) is 6.97. The van der Waals surface area contributed by atoms with Crippen LogP contribution in [0.4, 0.5) is 5.13 Å². The van der Waals surface area contributed by atoms with Crippen molar-refractivity contribution in [2.45, 2.75) is 35.5 Å². The number of carbonyl (C=O) groups excluding carboxylic acids is 1. The minimum atomic E-state index is -0.0872. The molecular weight excluding hydrogens is 376 g/mol. The third-order valence-electron chi connectivity index (χ3n) is 5.11. The number of hydrogen-bond acceptors (Lipinski definition) is 5. The van der Waals surface area contributed by atoms with Gasteiger partial charge in [-0.2, -0.15) is 0 Å². The molecule has 2 aliphatic heterocycles. The molecule has 0 saturated carbocycles. The summed E-state index contributed by atoms with van der Waals surface area (Å²) in [5.41, 5.74) is 2.22. The average Bonchev–Trinajstić information content (AvgIpc) is 3.44. The maximum absolute atomic E-state index is 13.5. The van der Waals surface area contributed by atoms with Gasteiger partial charge in [-0.25, -0.2) is 4.98 Å². The van der Waals surface area contributed by atoms with E-state index in [2.05, 4.69) is 18.2 Å². The standard InChI is InChI=1S/C21H20N2O2S2/c24-20(19-12-14-6-1-3-9-17(14)26-19)23(13-15-7-5-11-25-15)21-22-16-8-2-4-10-18(16)27-21/h1-4,6,8-10,15,19H,5,7,11-13H2/t15-,19-/m1/s1. The van der Waals surface area contributed by atoms with Crippen LogP contribution in [0.25, 0.3) is 10.2 Å². The minimum absolute atomic E-state index is 0.0872. The van der Waals surface area contributed by atoms with Crippen LogP contribution in [0.15, 0.2) is 53.4 Å². The van der Waals surface area contributed by atoms with E-state index in [1.165, 1.54) is 10.5 Å². The number of thiazole rings is 1. The van der Waals surface area contributed by atoms with Gasteiger partial charge in [-0.1, -0.05) is 41.7 Å². The van der Waals surface area contributed by atoms with Crippen molar-refractivity contribution in [3.63, 3.8) is 0 Å². The molecule has 0 spiro atoms. The van der Waals surface area contributed by atoms with Crippen molar-refractivity contribution >= 4 is 44.4 Å². The molecule has 0 radical (unpaired) electrons. The zero-order valence-corrected chi connectivity index (χ0v) is 16.5. The Morgan fingerprint density at radius 2 is 2.04 bits per heavy atom. The Morgan fingerprint density at radius 1 is 1.19 bits per heavy atom. The van der Waals surface area contributed by atoms with E-state index in [1.54, 1.807) is 23.1 Å². The first-order valence-corrected chi connectivity index (χ1v) is 11.0. The highest BCUT2D eigenvalue weighted by molar-refractivity contribution is 8.01. The molecular formula is C21H20N2O2S2. The molecule has 0 aliphatic carbocycles. The van der Waals surface area contributed by atoms with E-state index in [0.717, 1.165) is 41.2 Å². The molecule has 0 unspecified atom stereocenters. The van der Waals surface area contributed by atoms with Crippen LogP contribution in [0.3, 0.4) is 0 Å². The van der Waals surface area contributed by atoms with E-state index in [-0.39, 0.29) is 17.3 Å². The lowest BCUT2D eigenvalue weighted by Crippen LogP contribution is -2.42. The number of aromatic nitrogens is 1. The predicted octanol–water partition coefficient (Wildman–Crippen LogP) is 4.53. The van der Waals surface area contributed by atoms with Crippen LogP contribution in [0.1, 0.15) is 18.4 Å². The maximum atomic E-state index is 13.5. The van der Waals surface area contributed by atoms with Crippen molar-refractivity contribution in [2.75, 3.05) is 18.1 Å². The fraction of sp³-hybridized carbons (Fsp3) is 0.333. The van der Waals surface area contributed by atoms with Crippen molar-refractivity contribution in [1.82, 2.24) is 4.98 Å². The number of amides is 1. The molecule has 2 atom stereocenters. The molecule has 138 valence electrons. The quantitative estimate of drug-likeness (QED) is 0.650. The highest BCUT2D eigenvalue weighted by atomic mass is 32.2. The van der Waals surface area contributed by atoms with Gasteiger partial charge in [0.1, 0.15) is 0 Å². The zero-order valence-electron chi connectivity index (χ0n) is 14.8. The van der Waals surface area contributed by atoms with Gasteiger partial charge < -0.3 is 4.74 Å². The van der Waals surface area contributed by atoms with E-state index in [4.69, 9.17) is 9.72 Å². The molecule has 0 bridgehead atoms. The lowest BCUT2D eigenvalue weighted by atomic mass is 10.1. The summed E-state index contributed by atoms with van der Waals surface area (Å²) in [4.78, 5) is 21.3. The molecule has 0 N–H and O–H groups in total. The van der Waals surface area contributed by atoms with Gasteiger partial charge in [0.15, 0.2) is 5.13 Å². The number of anilines is 1. The zero-order chi connectivity index (χ0) is 18.2. The molecule has 1 fully saturated rings. The molecule has 3 heterocycles. The van der Waals surface area contributed by atoms with E-state index < -0.39 is 0 Å². The highest BCUT2D eigenvalue weighted by Crippen LogP contribution is 2.39. The number of benzene rings is 2. The van der Waals surface area contributed by atoms with Crippen LogP contribution in [0.5, 0.6) is 0 Å². The maximum Gasteiger partial charge on any atom is 0.242 e. The summed E-state index contributed by atoms with van der Waals surface area (Å²) in [6.07, 6.45) is 2.96. The Morgan fingerprint density at radius 3 is 2.85 bits per heavy atom. The molecule has 4 nitrogen and oxygen atoms in total. The molecule has 2 aromatic carbocycles. The van der Waals surface area contributed by atoms with E-state index in [9.17, 15) is 4.79 Å². The number of para-hydroxylation sites is 1. The Labute approximate surface area is 166 Å². The van der Waals surface area contributed by atoms with Gasteiger partial charge in [-0.05, 0) is 43.0 Å². The van der Waals surface area contributed by atoms with Crippen molar-refractivity contribution in [1.29, 1.82) is 0 Å². The van der Waals surface area contributed by atoms with Crippen LogP contribution in [-0.2, 0) is 16.0 Å². The Kier molecular flexibility index (Phi) is 4.63. The minimum Gasteiger partial charge on any atom is -0.376 e. The van der Waals surface area contributed by atoms with E-state index in [1.807, 2.05) is 35.2 Å². The Bertz CT molecular complexity index is 923. The molecule has 1 amide bonds. The second kappa shape index (κ2) is 7.26. The molecule has 27 heavy (non-hydrogen) atoms. The average molecular weight is 397 g/mol. The van der Waals surface area contributed by atoms with E-state index >= 15 is 0 Å².